The predicted molar refractivity (Wildman–Crippen MR) is 166 cm³/mol. The van der Waals surface area contributed by atoms with Crippen LogP contribution in [0, 0.1) is 0 Å². The van der Waals surface area contributed by atoms with Gasteiger partial charge in [0.15, 0.2) is 0 Å². The molecule has 1 aromatic heterocycles. The van der Waals surface area contributed by atoms with Crippen LogP contribution in [0.4, 0.5) is 26.8 Å². The van der Waals surface area contributed by atoms with Gasteiger partial charge in [-0.2, -0.15) is 0 Å². The molecule has 0 fully saturated rings. The highest BCUT2D eigenvalue weighted by Gasteiger charge is 2.22. The van der Waals surface area contributed by atoms with Crippen molar-refractivity contribution in [1.82, 2.24) is 10.3 Å². The zero-order valence-electron chi connectivity index (χ0n) is 24.6. The van der Waals surface area contributed by atoms with Crippen molar-refractivity contribution < 1.29 is 23.9 Å². The van der Waals surface area contributed by atoms with E-state index in [4.69, 9.17) is 9.47 Å². The number of nitrogens with one attached hydrogen (secondary N) is 4. The molecule has 6 rings (SSSR count). The SMILES string of the molecule is CC1COC(=O)Nc2cccc(c2)CNC(=O)C(Nc2ccc3c(NC(=O)OC(C)(C)C)nccc3c2)c2ccc1cc2. The Morgan fingerprint density at radius 3 is 2.53 bits per heavy atom. The Kier molecular flexibility index (Phi) is 8.47. The van der Waals surface area contributed by atoms with Crippen LogP contribution in [-0.4, -0.2) is 35.3 Å². The average molecular weight is 582 g/mol. The van der Waals surface area contributed by atoms with Crippen molar-refractivity contribution in [3.05, 3.63) is 95.7 Å². The van der Waals surface area contributed by atoms with Gasteiger partial charge in [0.2, 0.25) is 5.91 Å². The molecule has 3 amide bonds. The molecule has 222 valence electrons. The van der Waals surface area contributed by atoms with Gasteiger partial charge in [0, 0.05) is 35.4 Å². The summed E-state index contributed by atoms with van der Waals surface area (Å²) >= 11 is 0. The average Bonchev–Trinajstić information content (AvgIpc) is 2.96. The molecule has 4 bridgehead atoms. The van der Waals surface area contributed by atoms with E-state index < -0.39 is 23.8 Å². The van der Waals surface area contributed by atoms with Gasteiger partial charge in [-0.3, -0.25) is 15.4 Å². The number of benzene rings is 3. The van der Waals surface area contributed by atoms with Crippen molar-refractivity contribution in [2.45, 2.75) is 51.8 Å². The Labute approximate surface area is 250 Å². The third-order valence-electron chi connectivity index (χ3n) is 6.90. The van der Waals surface area contributed by atoms with E-state index in [1.807, 2.05) is 67.6 Å². The fourth-order valence-electron chi connectivity index (χ4n) is 4.75. The van der Waals surface area contributed by atoms with E-state index in [9.17, 15) is 14.4 Å². The van der Waals surface area contributed by atoms with E-state index in [-0.39, 0.29) is 25.0 Å². The lowest BCUT2D eigenvalue weighted by Crippen LogP contribution is -2.33. The summed E-state index contributed by atoms with van der Waals surface area (Å²) in [6.45, 7) is 7.84. The fourth-order valence-corrected chi connectivity index (χ4v) is 4.75. The van der Waals surface area contributed by atoms with Crippen LogP contribution >= 0.6 is 0 Å². The summed E-state index contributed by atoms with van der Waals surface area (Å²) < 4.78 is 10.8. The normalized spacial score (nSPS) is 17.4. The van der Waals surface area contributed by atoms with Crippen molar-refractivity contribution in [3.63, 3.8) is 0 Å². The number of carbonyl (C=O) groups excluding carboxylic acids is 3. The van der Waals surface area contributed by atoms with Gasteiger partial charge < -0.3 is 20.1 Å². The van der Waals surface area contributed by atoms with Crippen molar-refractivity contribution in [3.8, 4) is 0 Å². The first kappa shape index (κ1) is 29.4. The van der Waals surface area contributed by atoms with Gasteiger partial charge in [0.05, 0.1) is 6.61 Å². The Balaban J connectivity index is 1.43. The highest BCUT2D eigenvalue weighted by Crippen LogP contribution is 2.29. The number of aromatic nitrogens is 1. The van der Waals surface area contributed by atoms with Crippen LogP contribution in [0.5, 0.6) is 0 Å². The number of nitrogens with zero attached hydrogens (tertiary/aromatic N) is 1. The van der Waals surface area contributed by atoms with Crippen LogP contribution in [0.1, 0.15) is 56.3 Å². The summed E-state index contributed by atoms with van der Waals surface area (Å²) in [6, 6.07) is 21.7. The molecule has 0 spiro atoms. The van der Waals surface area contributed by atoms with Gasteiger partial charge in [-0.15, -0.1) is 0 Å². The number of hydrogen-bond donors (Lipinski definition) is 4. The van der Waals surface area contributed by atoms with E-state index in [0.29, 0.717) is 17.2 Å². The number of fused-ring (bicyclic) bond motifs is 10. The second kappa shape index (κ2) is 12.4. The van der Waals surface area contributed by atoms with Gasteiger partial charge in [-0.1, -0.05) is 43.3 Å². The standard InChI is InChI=1S/C33H35N5O5/c1-20-19-42-31(40)37-25-7-5-6-21(16-25)18-35-30(39)28(23-10-8-22(20)9-11-23)36-26-12-13-27-24(17-26)14-15-34-29(27)38-32(41)43-33(2,3)4/h5-17,20,28,36H,18-19H2,1-4H3,(H,35,39)(H,37,40)(H,34,38,41). The van der Waals surface area contributed by atoms with E-state index in [1.165, 1.54) is 0 Å². The number of hydrogen-bond acceptors (Lipinski definition) is 7. The first-order chi connectivity index (χ1) is 20.5. The van der Waals surface area contributed by atoms with E-state index in [1.54, 1.807) is 39.1 Å². The maximum atomic E-state index is 13.6. The lowest BCUT2D eigenvalue weighted by molar-refractivity contribution is -0.122. The minimum Gasteiger partial charge on any atom is -0.449 e. The van der Waals surface area contributed by atoms with E-state index >= 15 is 0 Å². The molecule has 0 aliphatic carbocycles. The molecular weight excluding hydrogens is 546 g/mol. The molecule has 2 unspecified atom stereocenters. The lowest BCUT2D eigenvalue weighted by Gasteiger charge is -2.22. The molecule has 2 aliphatic rings. The highest BCUT2D eigenvalue weighted by molar-refractivity contribution is 5.99. The molecule has 4 N–H and O–H groups in total. The summed E-state index contributed by atoms with van der Waals surface area (Å²) in [4.78, 5) is 42.6. The molecule has 10 heteroatoms. The molecule has 43 heavy (non-hydrogen) atoms. The minimum atomic E-state index is -0.699. The Bertz CT molecular complexity index is 1650. The molecule has 2 atom stereocenters. The molecule has 2 aliphatic heterocycles. The third-order valence-corrected chi connectivity index (χ3v) is 6.90. The third kappa shape index (κ3) is 7.59. The minimum absolute atomic E-state index is 0.0446. The van der Waals surface area contributed by atoms with Gasteiger partial charge in [0.1, 0.15) is 17.5 Å². The van der Waals surface area contributed by atoms with Crippen LogP contribution < -0.4 is 21.3 Å². The number of ether oxygens (including phenoxy) is 2. The van der Waals surface area contributed by atoms with Crippen molar-refractivity contribution in [2.75, 3.05) is 22.6 Å². The van der Waals surface area contributed by atoms with Crippen LogP contribution in [0.15, 0.2) is 79.0 Å². The second-order valence-electron chi connectivity index (χ2n) is 11.5. The molecule has 0 saturated heterocycles. The first-order valence-corrected chi connectivity index (χ1v) is 14.1. The summed E-state index contributed by atoms with van der Waals surface area (Å²) in [5.74, 6) is 0.123. The first-order valence-electron chi connectivity index (χ1n) is 14.1. The molecule has 0 saturated carbocycles. The van der Waals surface area contributed by atoms with Gasteiger partial charge in [0.25, 0.3) is 0 Å². The lowest BCUT2D eigenvalue weighted by atomic mass is 9.97. The second-order valence-corrected chi connectivity index (χ2v) is 11.5. The van der Waals surface area contributed by atoms with Crippen LogP contribution in [-0.2, 0) is 20.8 Å². The Morgan fingerprint density at radius 1 is 1.00 bits per heavy atom. The maximum Gasteiger partial charge on any atom is 0.413 e. The molecular formula is C33H35N5O5. The number of pyridine rings is 1. The summed E-state index contributed by atoms with van der Waals surface area (Å²) in [6.07, 6.45) is 0.493. The zero-order chi connectivity index (χ0) is 30.6. The zero-order valence-corrected chi connectivity index (χ0v) is 24.6. The molecule has 3 heterocycles. The largest absolute Gasteiger partial charge is 0.449 e. The van der Waals surface area contributed by atoms with Crippen molar-refractivity contribution >= 4 is 46.1 Å². The number of rotatable bonds is 3. The Morgan fingerprint density at radius 2 is 1.77 bits per heavy atom. The monoisotopic (exact) mass is 581 g/mol. The quantitative estimate of drug-likeness (QED) is 0.211. The topological polar surface area (TPSA) is 131 Å². The summed E-state index contributed by atoms with van der Waals surface area (Å²) in [5, 5.41) is 13.4. The number of amides is 3. The van der Waals surface area contributed by atoms with Crippen LogP contribution in [0.3, 0.4) is 0 Å². The number of carbonyl (C=O) groups is 3. The Hall–Kier alpha value is -5.12. The molecule has 3 aromatic carbocycles. The van der Waals surface area contributed by atoms with Crippen molar-refractivity contribution in [1.29, 1.82) is 0 Å². The highest BCUT2D eigenvalue weighted by atomic mass is 16.6. The fraction of sp³-hybridized carbons (Fsp3) is 0.273. The van der Waals surface area contributed by atoms with Gasteiger partial charge >= 0.3 is 12.2 Å². The van der Waals surface area contributed by atoms with Crippen molar-refractivity contribution in [2.24, 2.45) is 0 Å². The maximum absolute atomic E-state index is 13.6. The number of anilines is 3. The smallest absolute Gasteiger partial charge is 0.413 e. The van der Waals surface area contributed by atoms with E-state index in [0.717, 1.165) is 27.5 Å². The van der Waals surface area contributed by atoms with Crippen LogP contribution in [0.2, 0.25) is 0 Å². The summed E-state index contributed by atoms with van der Waals surface area (Å²) in [5.41, 5.74) is 3.24. The summed E-state index contributed by atoms with van der Waals surface area (Å²) in [7, 11) is 0. The van der Waals surface area contributed by atoms with Gasteiger partial charge in [-0.25, -0.2) is 14.6 Å². The predicted octanol–water partition coefficient (Wildman–Crippen LogP) is 6.72. The van der Waals surface area contributed by atoms with Crippen LogP contribution in [0.25, 0.3) is 10.8 Å². The molecule has 10 nitrogen and oxygen atoms in total. The molecule has 0 radical (unpaired) electrons. The van der Waals surface area contributed by atoms with Gasteiger partial charge in [-0.05, 0) is 79.2 Å². The molecule has 4 aromatic rings. The van der Waals surface area contributed by atoms with E-state index in [2.05, 4.69) is 26.3 Å².